The number of thiophene rings is 1. The minimum absolute atomic E-state index is 0.00573. The Kier molecular flexibility index (Phi) is 12.3. The Hall–Kier alpha value is -3.69. The fraction of sp³-hybridized carbons (Fsp3) is 0.500. The average molecular weight is 812 g/mol. The summed E-state index contributed by atoms with van der Waals surface area (Å²) in [6.45, 7) is 3.96. The SMILES string of the molecule is CC(C)C(N)C(=O)OCC1CC(C(F)F)N(C)c2nc(OC[C@@H]3CCCNC[C@H](F)C3)nc3c(F)c(-c4ccc(F)c5sc(N)c(C#N)c45)c(Cl)c(c23)S1. The van der Waals surface area contributed by atoms with Crippen molar-refractivity contribution >= 4 is 72.5 Å². The highest BCUT2D eigenvalue weighted by Crippen LogP contribution is 2.52. The Bertz CT molecular complexity index is 2100. The van der Waals surface area contributed by atoms with E-state index in [4.69, 9.17) is 32.5 Å². The molecule has 4 aromatic rings. The molecule has 6 rings (SSSR count). The molecule has 5 atom stereocenters. The second kappa shape index (κ2) is 16.6. The first-order chi connectivity index (χ1) is 25.7. The number of anilines is 2. The zero-order valence-electron chi connectivity index (χ0n) is 29.6. The van der Waals surface area contributed by atoms with Crippen molar-refractivity contribution in [2.75, 3.05) is 44.0 Å². The van der Waals surface area contributed by atoms with Crippen molar-refractivity contribution in [3.8, 4) is 23.2 Å². The van der Waals surface area contributed by atoms with Crippen LogP contribution in [-0.2, 0) is 9.53 Å². The van der Waals surface area contributed by atoms with Crippen molar-refractivity contribution in [2.24, 2.45) is 17.6 Å². The van der Waals surface area contributed by atoms with Gasteiger partial charge in [-0.25, -0.2) is 22.0 Å². The molecule has 1 fully saturated rings. The van der Waals surface area contributed by atoms with E-state index in [0.29, 0.717) is 13.0 Å². The second-order valence-electron chi connectivity index (χ2n) is 13.9. The molecule has 2 aromatic carbocycles. The fourth-order valence-corrected chi connectivity index (χ4v) is 9.44. The highest BCUT2D eigenvalue weighted by Gasteiger charge is 2.38. The zero-order valence-corrected chi connectivity index (χ0v) is 32.0. The molecule has 10 nitrogen and oxygen atoms in total. The van der Waals surface area contributed by atoms with Gasteiger partial charge >= 0.3 is 12.0 Å². The van der Waals surface area contributed by atoms with Crippen LogP contribution in [-0.4, -0.2) is 79.2 Å². The summed E-state index contributed by atoms with van der Waals surface area (Å²) in [5, 5.41) is 12.1. The summed E-state index contributed by atoms with van der Waals surface area (Å²) in [5.41, 5.74) is 11.5. The zero-order chi connectivity index (χ0) is 39.0. The van der Waals surface area contributed by atoms with Crippen LogP contribution in [0.2, 0.25) is 5.02 Å². The number of benzene rings is 2. The fourth-order valence-electron chi connectivity index (χ4n) is 6.81. The summed E-state index contributed by atoms with van der Waals surface area (Å²) < 4.78 is 88.3. The van der Waals surface area contributed by atoms with Crippen molar-refractivity contribution in [3.63, 3.8) is 0 Å². The lowest BCUT2D eigenvalue weighted by molar-refractivity contribution is -0.146. The van der Waals surface area contributed by atoms with E-state index in [1.54, 1.807) is 13.8 Å². The highest BCUT2D eigenvalue weighted by atomic mass is 35.5. The van der Waals surface area contributed by atoms with E-state index in [1.807, 2.05) is 6.07 Å². The van der Waals surface area contributed by atoms with Crippen LogP contribution in [0.25, 0.3) is 32.1 Å². The molecule has 1 saturated heterocycles. The Balaban J connectivity index is 1.56. The van der Waals surface area contributed by atoms with Gasteiger partial charge < -0.3 is 31.2 Å². The number of nitrogens with one attached hydrogen (secondary N) is 1. The first-order valence-electron chi connectivity index (χ1n) is 17.4. The molecule has 0 amide bonds. The average Bonchev–Trinajstić information content (AvgIpc) is 3.47. The number of ether oxygens (including phenoxy) is 2. The maximum Gasteiger partial charge on any atom is 0.323 e. The van der Waals surface area contributed by atoms with Gasteiger partial charge in [0.25, 0.3) is 6.43 Å². The van der Waals surface area contributed by atoms with Gasteiger partial charge in [-0.05, 0) is 55.7 Å². The van der Waals surface area contributed by atoms with Gasteiger partial charge in [-0.3, -0.25) is 4.79 Å². The molecule has 3 unspecified atom stereocenters. The minimum Gasteiger partial charge on any atom is -0.463 e. The highest BCUT2D eigenvalue weighted by molar-refractivity contribution is 8.00. The second-order valence-corrected chi connectivity index (χ2v) is 16.6. The standard InChI is InChI=1S/C36H39ClF5N7O3S2/c1-15(2)28(44)35(50)51-14-18-10-22(32(41)42)49(3)34-25-29(47-36(48-34)52-13-16-5-4-8-46-12-17(38)9-16)27(40)24(26(37)31(25)53-18)19-6-7-21(39)30-23(19)20(11-43)33(45)54-30/h6-7,15-18,22,28,32,46H,4-5,8-10,12-14,44-45H2,1-3H3/t16-,17-,18?,22?,28?/m1/s1. The van der Waals surface area contributed by atoms with E-state index in [9.17, 15) is 23.2 Å². The molecule has 0 saturated carbocycles. The largest absolute Gasteiger partial charge is 0.463 e. The number of hydrogen-bond donors (Lipinski definition) is 3. The number of fused-ring (bicyclic) bond motifs is 1. The summed E-state index contributed by atoms with van der Waals surface area (Å²) in [6.07, 6.45) is -2.67. The van der Waals surface area contributed by atoms with Crippen LogP contribution in [0.1, 0.15) is 45.1 Å². The van der Waals surface area contributed by atoms with Gasteiger partial charge in [-0.2, -0.15) is 15.2 Å². The number of nitrogen functional groups attached to an aromatic ring is 1. The normalized spacial score (nSPS) is 21.4. The van der Waals surface area contributed by atoms with Gasteiger partial charge in [0.1, 0.15) is 47.0 Å². The topological polar surface area (TPSA) is 152 Å². The first kappa shape index (κ1) is 40.0. The number of alkyl halides is 3. The minimum atomic E-state index is -2.92. The lowest BCUT2D eigenvalue weighted by atomic mass is 9.96. The summed E-state index contributed by atoms with van der Waals surface area (Å²) >= 11 is 8.93. The Morgan fingerprint density at radius 2 is 1.96 bits per heavy atom. The number of carbonyl (C=O) groups is 1. The van der Waals surface area contributed by atoms with Crippen molar-refractivity contribution < 1.29 is 36.2 Å². The van der Waals surface area contributed by atoms with Crippen molar-refractivity contribution in [1.29, 1.82) is 5.26 Å². The lowest BCUT2D eigenvalue weighted by Crippen LogP contribution is -2.43. The van der Waals surface area contributed by atoms with Crippen molar-refractivity contribution in [3.05, 3.63) is 34.4 Å². The third-order valence-corrected chi connectivity index (χ3v) is 12.6. The molecule has 290 valence electrons. The maximum atomic E-state index is 17.3. The number of aromatic nitrogens is 2. The third kappa shape index (κ3) is 7.86. The number of esters is 1. The summed E-state index contributed by atoms with van der Waals surface area (Å²) in [5.74, 6) is -2.99. The number of carbonyl (C=O) groups excluding carboxylic acids is 1. The van der Waals surface area contributed by atoms with E-state index in [-0.39, 0.29) is 109 Å². The van der Waals surface area contributed by atoms with Gasteiger partial charge in [0.15, 0.2) is 5.82 Å². The van der Waals surface area contributed by atoms with Crippen LogP contribution in [0.4, 0.5) is 32.8 Å². The van der Waals surface area contributed by atoms with E-state index in [2.05, 4.69) is 15.3 Å². The summed E-state index contributed by atoms with van der Waals surface area (Å²) in [4.78, 5) is 23.1. The Morgan fingerprint density at radius 3 is 2.67 bits per heavy atom. The third-order valence-electron chi connectivity index (χ3n) is 9.82. The quantitative estimate of drug-likeness (QED) is 0.114. The van der Waals surface area contributed by atoms with Crippen LogP contribution < -0.4 is 26.4 Å². The Morgan fingerprint density at radius 1 is 1.20 bits per heavy atom. The lowest BCUT2D eigenvalue weighted by Gasteiger charge is -2.35. The molecule has 5 N–H and O–H groups in total. The molecule has 54 heavy (non-hydrogen) atoms. The summed E-state index contributed by atoms with van der Waals surface area (Å²) in [7, 11) is 1.38. The van der Waals surface area contributed by atoms with Gasteiger partial charge in [0, 0.05) is 34.7 Å². The maximum absolute atomic E-state index is 17.3. The first-order valence-corrected chi connectivity index (χ1v) is 19.5. The number of halogens is 6. The number of nitrogens with two attached hydrogens (primary N) is 2. The number of thioether (sulfide) groups is 1. The van der Waals surface area contributed by atoms with Gasteiger partial charge in [0.05, 0.1) is 33.3 Å². The molecule has 4 heterocycles. The molecule has 0 radical (unpaired) electrons. The van der Waals surface area contributed by atoms with E-state index < -0.39 is 47.5 Å². The number of hydrogen-bond acceptors (Lipinski definition) is 12. The molecule has 0 bridgehead atoms. The van der Waals surface area contributed by atoms with Crippen LogP contribution >= 0.6 is 34.7 Å². The molecule has 2 aliphatic heterocycles. The van der Waals surface area contributed by atoms with E-state index >= 15 is 8.78 Å². The molecular formula is C36H39ClF5N7O3S2. The van der Waals surface area contributed by atoms with Gasteiger partial charge in [0.2, 0.25) is 0 Å². The monoisotopic (exact) mass is 811 g/mol. The van der Waals surface area contributed by atoms with Crippen LogP contribution in [0, 0.1) is 34.8 Å². The predicted octanol–water partition coefficient (Wildman–Crippen LogP) is 7.46. The number of nitriles is 1. The van der Waals surface area contributed by atoms with Gasteiger partial charge in [-0.15, -0.1) is 23.1 Å². The Labute approximate surface area is 321 Å². The molecule has 18 heteroatoms. The van der Waals surface area contributed by atoms with Gasteiger partial charge in [-0.1, -0.05) is 31.5 Å². The summed E-state index contributed by atoms with van der Waals surface area (Å²) in [6, 6.07) is 1.59. The molecule has 2 aliphatic rings. The number of rotatable bonds is 9. The van der Waals surface area contributed by atoms with Crippen molar-refractivity contribution in [1.82, 2.24) is 15.3 Å². The van der Waals surface area contributed by atoms with Crippen LogP contribution in [0.15, 0.2) is 17.0 Å². The smallest absolute Gasteiger partial charge is 0.323 e. The molecule has 2 aromatic heterocycles. The number of nitrogens with zero attached hydrogens (tertiary/aromatic N) is 4. The van der Waals surface area contributed by atoms with Crippen LogP contribution in [0.5, 0.6) is 6.01 Å². The van der Waals surface area contributed by atoms with E-state index in [0.717, 1.165) is 35.6 Å². The molecule has 0 spiro atoms. The van der Waals surface area contributed by atoms with Crippen molar-refractivity contribution in [2.45, 2.75) is 74.4 Å². The predicted molar refractivity (Wildman–Crippen MR) is 201 cm³/mol. The molecular weight excluding hydrogens is 773 g/mol. The van der Waals surface area contributed by atoms with Crippen LogP contribution in [0.3, 0.4) is 0 Å². The molecule has 0 aliphatic carbocycles. The van der Waals surface area contributed by atoms with E-state index in [1.165, 1.54) is 18.0 Å².